The van der Waals surface area contributed by atoms with Gasteiger partial charge in [0.1, 0.15) is 5.82 Å². The van der Waals surface area contributed by atoms with Crippen LogP contribution in [-0.4, -0.2) is 53.6 Å². The van der Waals surface area contributed by atoms with Crippen molar-refractivity contribution >= 4 is 27.7 Å². The Morgan fingerprint density at radius 1 is 1.03 bits per heavy atom. The van der Waals surface area contributed by atoms with E-state index in [2.05, 4.69) is 24.3 Å². The normalized spacial score (nSPS) is 16.6. The summed E-state index contributed by atoms with van der Waals surface area (Å²) in [6.07, 6.45) is 1.30. The first-order valence-corrected chi connectivity index (χ1v) is 13.1. The summed E-state index contributed by atoms with van der Waals surface area (Å²) in [6.45, 7) is 9.96. The van der Waals surface area contributed by atoms with Gasteiger partial charge in [0.25, 0.3) is 5.91 Å². The quantitative estimate of drug-likeness (QED) is 0.567. The number of benzene rings is 1. The van der Waals surface area contributed by atoms with Crippen LogP contribution in [0.1, 0.15) is 65.0 Å². The van der Waals surface area contributed by atoms with E-state index in [1.54, 1.807) is 29.1 Å². The van der Waals surface area contributed by atoms with Crippen molar-refractivity contribution in [2.24, 2.45) is 5.92 Å². The zero-order chi connectivity index (χ0) is 25.0. The maximum absolute atomic E-state index is 13.0. The second-order valence-corrected chi connectivity index (χ2v) is 11.2. The Kier molecular flexibility index (Phi) is 8.14. The Morgan fingerprint density at radius 3 is 2.21 bits per heavy atom. The molecule has 0 saturated carbocycles. The molecule has 1 saturated heterocycles. The predicted molar refractivity (Wildman–Crippen MR) is 129 cm³/mol. The summed E-state index contributed by atoms with van der Waals surface area (Å²) in [4.78, 5) is 25.4. The molecule has 0 radical (unpaired) electrons. The van der Waals surface area contributed by atoms with Crippen molar-refractivity contribution in [3.8, 4) is 0 Å². The smallest absolute Gasteiger partial charge is 0.309 e. The number of nitrogens with zero attached hydrogens (tertiary/aromatic N) is 3. The standard InChI is InChI=1S/C24H34N4O5S/c1-16(2)19-6-8-21(9-7-19)34(31,32)27-14-11-20(12-15-27)24(30)33-18(5)23(29)26-22-10-13-25-28(22)17(3)4/h6-10,13,16-18,20H,11-12,14-15H2,1-5H3,(H,26,29). The van der Waals surface area contributed by atoms with Gasteiger partial charge in [0, 0.05) is 25.2 Å². The van der Waals surface area contributed by atoms with Crippen LogP contribution in [0.3, 0.4) is 0 Å². The van der Waals surface area contributed by atoms with Gasteiger partial charge in [-0.25, -0.2) is 13.1 Å². The number of sulfonamides is 1. The molecule has 1 aromatic heterocycles. The highest BCUT2D eigenvalue weighted by Crippen LogP contribution is 2.26. The van der Waals surface area contributed by atoms with Crippen molar-refractivity contribution in [2.45, 2.75) is 70.4 Å². The highest BCUT2D eigenvalue weighted by atomic mass is 32.2. The molecule has 0 bridgehead atoms. The number of hydrogen-bond acceptors (Lipinski definition) is 6. The zero-order valence-electron chi connectivity index (χ0n) is 20.4. The van der Waals surface area contributed by atoms with Crippen LogP contribution in [0.25, 0.3) is 0 Å². The summed E-state index contributed by atoms with van der Waals surface area (Å²) >= 11 is 0. The van der Waals surface area contributed by atoms with Crippen molar-refractivity contribution in [2.75, 3.05) is 18.4 Å². The number of hydrogen-bond donors (Lipinski definition) is 1. The SMILES string of the molecule is CC(OC(=O)C1CCN(S(=O)(=O)c2ccc(C(C)C)cc2)CC1)C(=O)Nc1ccnn1C(C)C. The summed E-state index contributed by atoms with van der Waals surface area (Å²) in [5.41, 5.74) is 1.08. The number of anilines is 1. The number of aromatic nitrogens is 2. The van der Waals surface area contributed by atoms with Gasteiger partial charge in [0.2, 0.25) is 10.0 Å². The molecule has 1 aromatic carbocycles. The summed E-state index contributed by atoms with van der Waals surface area (Å²) < 4.78 is 34.4. The lowest BCUT2D eigenvalue weighted by Crippen LogP contribution is -2.41. The Hall–Kier alpha value is -2.72. The molecule has 1 N–H and O–H groups in total. The molecule has 0 spiro atoms. The molecular weight excluding hydrogens is 456 g/mol. The molecule has 1 aliphatic rings. The molecular formula is C24H34N4O5S. The molecule has 1 aliphatic heterocycles. The van der Waals surface area contributed by atoms with Crippen LogP contribution in [0.15, 0.2) is 41.4 Å². The largest absolute Gasteiger partial charge is 0.452 e. The molecule has 9 nitrogen and oxygen atoms in total. The minimum atomic E-state index is -3.62. The predicted octanol–water partition coefficient (Wildman–Crippen LogP) is 3.56. The van der Waals surface area contributed by atoms with Crippen LogP contribution in [0.4, 0.5) is 5.82 Å². The number of ether oxygens (including phenoxy) is 1. The minimum absolute atomic E-state index is 0.0674. The van der Waals surface area contributed by atoms with Crippen LogP contribution in [-0.2, 0) is 24.3 Å². The van der Waals surface area contributed by atoms with Gasteiger partial charge in [-0.2, -0.15) is 9.40 Å². The fourth-order valence-electron chi connectivity index (χ4n) is 3.88. The third-order valence-corrected chi connectivity index (χ3v) is 7.96. The lowest BCUT2D eigenvalue weighted by atomic mass is 9.98. The topological polar surface area (TPSA) is 111 Å². The zero-order valence-corrected chi connectivity index (χ0v) is 21.2. The molecule has 2 aromatic rings. The molecule has 0 aliphatic carbocycles. The van der Waals surface area contributed by atoms with E-state index in [9.17, 15) is 18.0 Å². The lowest BCUT2D eigenvalue weighted by molar-refractivity contribution is -0.158. The molecule has 1 fully saturated rings. The van der Waals surface area contributed by atoms with E-state index >= 15 is 0 Å². The van der Waals surface area contributed by atoms with Gasteiger partial charge in [-0.1, -0.05) is 26.0 Å². The maximum Gasteiger partial charge on any atom is 0.309 e. The van der Waals surface area contributed by atoms with E-state index in [1.165, 1.54) is 11.2 Å². The van der Waals surface area contributed by atoms with Crippen LogP contribution in [0.5, 0.6) is 0 Å². The van der Waals surface area contributed by atoms with E-state index < -0.39 is 33.9 Å². The van der Waals surface area contributed by atoms with Crippen LogP contribution in [0.2, 0.25) is 0 Å². The van der Waals surface area contributed by atoms with E-state index in [4.69, 9.17) is 4.74 Å². The number of carbonyl (C=O) groups is 2. The maximum atomic E-state index is 13.0. The van der Waals surface area contributed by atoms with Crippen molar-refractivity contribution in [3.05, 3.63) is 42.1 Å². The van der Waals surface area contributed by atoms with Crippen molar-refractivity contribution in [1.82, 2.24) is 14.1 Å². The fraction of sp³-hybridized carbons (Fsp3) is 0.542. The second kappa shape index (κ2) is 10.7. The number of esters is 1. The van der Waals surface area contributed by atoms with Gasteiger partial charge < -0.3 is 10.1 Å². The first-order chi connectivity index (χ1) is 16.0. The van der Waals surface area contributed by atoms with Crippen molar-refractivity contribution < 1.29 is 22.7 Å². The molecule has 1 unspecified atom stereocenters. The number of amides is 1. The van der Waals surface area contributed by atoms with Gasteiger partial charge >= 0.3 is 5.97 Å². The number of rotatable bonds is 8. The Labute approximate surface area is 201 Å². The van der Waals surface area contributed by atoms with E-state index in [-0.39, 0.29) is 24.0 Å². The van der Waals surface area contributed by atoms with Crippen LogP contribution >= 0.6 is 0 Å². The van der Waals surface area contributed by atoms with E-state index in [1.807, 2.05) is 26.0 Å². The van der Waals surface area contributed by atoms with Crippen LogP contribution < -0.4 is 5.32 Å². The van der Waals surface area contributed by atoms with Crippen molar-refractivity contribution in [3.63, 3.8) is 0 Å². The average Bonchev–Trinajstić information content (AvgIpc) is 3.27. The second-order valence-electron chi connectivity index (χ2n) is 9.23. The fourth-order valence-corrected chi connectivity index (χ4v) is 5.35. The van der Waals surface area contributed by atoms with Gasteiger partial charge in [-0.15, -0.1) is 0 Å². The Bertz CT molecular complexity index is 1100. The van der Waals surface area contributed by atoms with Gasteiger partial charge in [-0.3, -0.25) is 9.59 Å². The monoisotopic (exact) mass is 490 g/mol. The molecule has 34 heavy (non-hydrogen) atoms. The van der Waals surface area contributed by atoms with Crippen molar-refractivity contribution in [1.29, 1.82) is 0 Å². The lowest BCUT2D eigenvalue weighted by Gasteiger charge is -2.30. The molecule has 2 heterocycles. The van der Waals surface area contributed by atoms with Gasteiger partial charge in [-0.05, 0) is 57.2 Å². The summed E-state index contributed by atoms with van der Waals surface area (Å²) in [5, 5.41) is 6.90. The summed E-state index contributed by atoms with van der Waals surface area (Å²) in [7, 11) is -3.62. The molecule has 3 rings (SSSR count). The third kappa shape index (κ3) is 5.85. The summed E-state index contributed by atoms with van der Waals surface area (Å²) in [5.74, 6) is -0.534. The minimum Gasteiger partial charge on any atom is -0.452 e. The summed E-state index contributed by atoms with van der Waals surface area (Å²) in [6, 6.07) is 8.69. The Balaban J connectivity index is 1.53. The third-order valence-electron chi connectivity index (χ3n) is 6.04. The average molecular weight is 491 g/mol. The highest BCUT2D eigenvalue weighted by Gasteiger charge is 2.34. The molecule has 186 valence electrons. The van der Waals surface area contributed by atoms with Crippen LogP contribution in [0, 0.1) is 5.92 Å². The van der Waals surface area contributed by atoms with Gasteiger partial charge in [0.15, 0.2) is 6.10 Å². The number of carbonyl (C=O) groups excluding carboxylic acids is 2. The Morgan fingerprint density at radius 2 is 1.65 bits per heavy atom. The first-order valence-electron chi connectivity index (χ1n) is 11.7. The number of piperidine rings is 1. The molecule has 10 heteroatoms. The first kappa shape index (κ1) is 25.9. The van der Waals surface area contributed by atoms with Gasteiger partial charge in [0.05, 0.1) is 17.0 Å². The highest BCUT2D eigenvalue weighted by molar-refractivity contribution is 7.89. The number of nitrogens with one attached hydrogen (secondary N) is 1. The van der Waals surface area contributed by atoms with E-state index in [0.717, 1.165) is 5.56 Å². The molecule has 1 amide bonds. The molecule has 1 atom stereocenters. The van der Waals surface area contributed by atoms with E-state index in [0.29, 0.717) is 24.6 Å².